The van der Waals surface area contributed by atoms with Gasteiger partial charge in [-0.05, 0) is 32.0 Å². The molecule has 3 aromatic rings. The molecule has 1 N–H and O–H groups in total. The average Bonchev–Trinajstić information content (AvgIpc) is 3.42. The number of ether oxygens (including phenoxy) is 1. The fourth-order valence-electron chi connectivity index (χ4n) is 3.56. The standard InChI is InChI=1S/C23H28N4O2S/c1-18-5-7-19(8-6-18)20-17-30-23(25-20)21-4-2-11-27(21)16-22(28)24-9-3-10-26-12-14-29-15-13-26/h2,4-8,11,17H,3,9-10,12-16H2,1H3,(H,24,28). The van der Waals surface area contributed by atoms with E-state index in [-0.39, 0.29) is 5.91 Å². The molecule has 7 heteroatoms. The van der Waals surface area contributed by atoms with E-state index in [1.54, 1.807) is 11.3 Å². The van der Waals surface area contributed by atoms with E-state index in [0.717, 1.165) is 61.2 Å². The molecule has 1 fully saturated rings. The minimum atomic E-state index is 0.0322. The molecule has 1 aromatic carbocycles. The van der Waals surface area contributed by atoms with E-state index in [1.165, 1.54) is 5.56 Å². The summed E-state index contributed by atoms with van der Waals surface area (Å²) in [6, 6.07) is 12.4. The van der Waals surface area contributed by atoms with Gasteiger partial charge in [0.05, 0.1) is 24.6 Å². The van der Waals surface area contributed by atoms with Crippen molar-refractivity contribution in [3.05, 3.63) is 53.5 Å². The Labute approximate surface area is 181 Å². The van der Waals surface area contributed by atoms with E-state index in [2.05, 4.69) is 46.8 Å². The quantitative estimate of drug-likeness (QED) is 0.563. The number of nitrogens with zero attached hydrogens (tertiary/aromatic N) is 3. The maximum atomic E-state index is 12.4. The third-order valence-corrected chi connectivity index (χ3v) is 6.16. The van der Waals surface area contributed by atoms with Crippen LogP contribution in [-0.2, 0) is 16.1 Å². The van der Waals surface area contributed by atoms with E-state index in [1.807, 2.05) is 22.9 Å². The molecule has 0 spiro atoms. The van der Waals surface area contributed by atoms with Gasteiger partial charge >= 0.3 is 0 Å². The molecule has 0 radical (unpaired) electrons. The van der Waals surface area contributed by atoms with Crippen LogP contribution >= 0.6 is 11.3 Å². The van der Waals surface area contributed by atoms with Crippen molar-refractivity contribution in [2.24, 2.45) is 0 Å². The first-order valence-electron chi connectivity index (χ1n) is 10.4. The van der Waals surface area contributed by atoms with Gasteiger partial charge < -0.3 is 14.6 Å². The number of nitrogens with one attached hydrogen (secondary N) is 1. The van der Waals surface area contributed by atoms with E-state index >= 15 is 0 Å². The molecule has 1 amide bonds. The summed E-state index contributed by atoms with van der Waals surface area (Å²) in [6.07, 6.45) is 2.90. The molecule has 4 rings (SSSR count). The van der Waals surface area contributed by atoms with Crippen molar-refractivity contribution in [2.45, 2.75) is 19.9 Å². The topological polar surface area (TPSA) is 59.4 Å². The molecule has 1 aliphatic rings. The Morgan fingerprint density at radius 3 is 2.80 bits per heavy atom. The van der Waals surface area contributed by atoms with E-state index in [9.17, 15) is 4.79 Å². The van der Waals surface area contributed by atoms with Crippen molar-refractivity contribution in [1.29, 1.82) is 0 Å². The molecule has 158 valence electrons. The van der Waals surface area contributed by atoms with E-state index in [4.69, 9.17) is 9.72 Å². The smallest absolute Gasteiger partial charge is 0.239 e. The maximum absolute atomic E-state index is 12.4. The van der Waals surface area contributed by atoms with Gasteiger partial charge in [0.25, 0.3) is 0 Å². The number of morpholine rings is 1. The van der Waals surface area contributed by atoms with Gasteiger partial charge in [0.1, 0.15) is 11.6 Å². The van der Waals surface area contributed by atoms with Crippen LogP contribution in [0, 0.1) is 6.92 Å². The number of aromatic nitrogens is 2. The number of carbonyl (C=O) groups is 1. The van der Waals surface area contributed by atoms with Gasteiger partial charge in [0, 0.05) is 36.8 Å². The van der Waals surface area contributed by atoms with Crippen LogP contribution in [0.2, 0.25) is 0 Å². The van der Waals surface area contributed by atoms with Crippen LogP contribution in [0.25, 0.3) is 22.0 Å². The number of benzene rings is 1. The van der Waals surface area contributed by atoms with Crippen LogP contribution in [0.4, 0.5) is 0 Å². The van der Waals surface area contributed by atoms with Crippen LogP contribution < -0.4 is 5.32 Å². The molecule has 30 heavy (non-hydrogen) atoms. The molecule has 1 saturated heterocycles. The zero-order valence-electron chi connectivity index (χ0n) is 17.3. The van der Waals surface area contributed by atoms with Gasteiger partial charge in [0.2, 0.25) is 5.91 Å². The van der Waals surface area contributed by atoms with Crippen molar-refractivity contribution < 1.29 is 9.53 Å². The lowest BCUT2D eigenvalue weighted by Crippen LogP contribution is -2.38. The number of hydrogen-bond acceptors (Lipinski definition) is 5. The summed E-state index contributed by atoms with van der Waals surface area (Å²) in [7, 11) is 0. The number of hydrogen-bond donors (Lipinski definition) is 1. The highest BCUT2D eigenvalue weighted by molar-refractivity contribution is 7.13. The van der Waals surface area contributed by atoms with Crippen molar-refractivity contribution in [3.63, 3.8) is 0 Å². The van der Waals surface area contributed by atoms with Crippen LogP contribution in [0.1, 0.15) is 12.0 Å². The lowest BCUT2D eigenvalue weighted by molar-refractivity contribution is -0.121. The summed E-state index contributed by atoms with van der Waals surface area (Å²) < 4.78 is 7.33. The normalized spacial score (nSPS) is 14.7. The number of rotatable bonds is 8. The lowest BCUT2D eigenvalue weighted by Gasteiger charge is -2.26. The van der Waals surface area contributed by atoms with E-state index in [0.29, 0.717) is 13.1 Å². The Morgan fingerprint density at radius 2 is 2.00 bits per heavy atom. The Bertz CT molecular complexity index is 958. The van der Waals surface area contributed by atoms with E-state index < -0.39 is 0 Å². The highest BCUT2D eigenvalue weighted by atomic mass is 32.1. The van der Waals surface area contributed by atoms with Gasteiger partial charge in [-0.1, -0.05) is 29.8 Å². The molecular formula is C23H28N4O2S. The molecule has 0 saturated carbocycles. The molecule has 0 bridgehead atoms. The molecule has 1 aliphatic heterocycles. The summed E-state index contributed by atoms with van der Waals surface area (Å²) >= 11 is 1.61. The number of aryl methyl sites for hydroxylation is 1. The second kappa shape index (κ2) is 10.0. The third-order valence-electron chi connectivity index (χ3n) is 5.29. The van der Waals surface area contributed by atoms with Crippen molar-refractivity contribution >= 4 is 17.2 Å². The predicted molar refractivity (Wildman–Crippen MR) is 121 cm³/mol. The number of carbonyl (C=O) groups excluding carboxylic acids is 1. The Morgan fingerprint density at radius 1 is 1.20 bits per heavy atom. The third kappa shape index (κ3) is 5.36. The Kier molecular flexibility index (Phi) is 6.94. The van der Waals surface area contributed by atoms with Crippen molar-refractivity contribution in [2.75, 3.05) is 39.4 Å². The Hall–Kier alpha value is -2.48. The minimum Gasteiger partial charge on any atom is -0.379 e. The molecule has 0 unspecified atom stereocenters. The summed E-state index contributed by atoms with van der Waals surface area (Å²) in [5, 5.41) is 6.04. The molecular weight excluding hydrogens is 396 g/mol. The molecule has 3 heterocycles. The predicted octanol–water partition coefficient (Wildman–Crippen LogP) is 3.43. The highest BCUT2D eigenvalue weighted by Crippen LogP contribution is 2.29. The summed E-state index contributed by atoms with van der Waals surface area (Å²) in [4.78, 5) is 19.6. The van der Waals surface area contributed by atoms with Crippen LogP contribution in [0.3, 0.4) is 0 Å². The lowest BCUT2D eigenvalue weighted by atomic mass is 10.1. The van der Waals surface area contributed by atoms with Crippen LogP contribution in [0.5, 0.6) is 0 Å². The first-order chi connectivity index (χ1) is 14.7. The monoisotopic (exact) mass is 424 g/mol. The van der Waals surface area contributed by atoms with Gasteiger partial charge in [-0.25, -0.2) is 4.98 Å². The zero-order valence-corrected chi connectivity index (χ0v) is 18.2. The van der Waals surface area contributed by atoms with Gasteiger partial charge in [-0.15, -0.1) is 11.3 Å². The molecule has 0 atom stereocenters. The molecule has 2 aromatic heterocycles. The minimum absolute atomic E-state index is 0.0322. The largest absolute Gasteiger partial charge is 0.379 e. The second-order valence-corrected chi connectivity index (χ2v) is 8.44. The van der Waals surface area contributed by atoms with Crippen molar-refractivity contribution in [1.82, 2.24) is 19.8 Å². The summed E-state index contributed by atoms with van der Waals surface area (Å²) in [6.45, 7) is 7.67. The summed E-state index contributed by atoms with van der Waals surface area (Å²) in [5.74, 6) is 0.0322. The molecule has 6 nitrogen and oxygen atoms in total. The van der Waals surface area contributed by atoms with Gasteiger partial charge in [-0.2, -0.15) is 0 Å². The zero-order chi connectivity index (χ0) is 20.8. The highest BCUT2D eigenvalue weighted by Gasteiger charge is 2.13. The fourth-order valence-corrected chi connectivity index (χ4v) is 4.43. The first-order valence-corrected chi connectivity index (χ1v) is 11.3. The van der Waals surface area contributed by atoms with Crippen LogP contribution in [-0.4, -0.2) is 59.8 Å². The number of thiazole rings is 1. The maximum Gasteiger partial charge on any atom is 0.239 e. The summed E-state index contributed by atoms with van der Waals surface area (Å²) in [5.41, 5.74) is 4.29. The Balaban J connectivity index is 1.31. The van der Waals surface area contributed by atoms with Crippen molar-refractivity contribution in [3.8, 4) is 22.0 Å². The SMILES string of the molecule is Cc1ccc(-c2csc(-c3cccn3CC(=O)NCCCN3CCOCC3)n2)cc1. The number of amides is 1. The molecule has 0 aliphatic carbocycles. The fraction of sp³-hybridized carbons (Fsp3) is 0.391. The first kappa shape index (κ1) is 20.8. The van der Waals surface area contributed by atoms with Crippen LogP contribution in [0.15, 0.2) is 48.0 Å². The average molecular weight is 425 g/mol. The second-order valence-electron chi connectivity index (χ2n) is 7.58. The van der Waals surface area contributed by atoms with Gasteiger partial charge in [0.15, 0.2) is 0 Å². The van der Waals surface area contributed by atoms with Gasteiger partial charge in [-0.3, -0.25) is 9.69 Å².